The zero-order chi connectivity index (χ0) is 13.0. The lowest BCUT2D eigenvalue weighted by Crippen LogP contribution is -2.42. The van der Waals surface area contributed by atoms with Crippen molar-refractivity contribution in [3.05, 3.63) is 12.2 Å². The van der Waals surface area contributed by atoms with Gasteiger partial charge >= 0.3 is 5.97 Å². The Bertz CT molecular complexity index is 351. The molecule has 1 unspecified atom stereocenters. The summed E-state index contributed by atoms with van der Waals surface area (Å²) in [7, 11) is 0. The number of amides is 1. The molecule has 0 radical (unpaired) electrons. The first-order valence-electron chi connectivity index (χ1n) is 6.81. The van der Waals surface area contributed by atoms with Gasteiger partial charge in [-0.25, -0.2) is 0 Å². The quantitative estimate of drug-likeness (QED) is 0.529. The van der Waals surface area contributed by atoms with Crippen molar-refractivity contribution in [1.29, 1.82) is 0 Å². The summed E-state index contributed by atoms with van der Waals surface area (Å²) in [5, 5.41) is 2.98. The number of fused-ring (bicyclic) bond motifs is 1. The smallest absolute Gasteiger partial charge is 0.309 e. The first-order valence-corrected chi connectivity index (χ1v) is 6.81. The highest BCUT2D eigenvalue weighted by Crippen LogP contribution is 2.24. The van der Waals surface area contributed by atoms with Crippen LogP contribution in [0.25, 0.3) is 0 Å². The van der Waals surface area contributed by atoms with Gasteiger partial charge in [0.1, 0.15) is 6.10 Å². The van der Waals surface area contributed by atoms with Crippen molar-refractivity contribution in [3.63, 3.8) is 0 Å². The minimum absolute atomic E-state index is 0.0112. The van der Waals surface area contributed by atoms with E-state index in [0.717, 1.165) is 25.7 Å². The second-order valence-electron chi connectivity index (χ2n) is 5.23. The van der Waals surface area contributed by atoms with Crippen LogP contribution in [0.3, 0.4) is 0 Å². The van der Waals surface area contributed by atoms with E-state index in [1.54, 1.807) is 0 Å². The van der Waals surface area contributed by atoms with Crippen LogP contribution >= 0.6 is 0 Å². The van der Waals surface area contributed by atoms with Gasteiger partial charge in [0, 0.05) is 6.42 Å². The van der Waals surface area contributed by atoms with E-state index in [1.807, 2.05) is 19.1 Å². The number of allylic oxidation sites excluding steroid dienone is 2. The van der Waals surface area contributed by atoms with Crippen molar-refractivity contribution in [2.45, 2.75) is 57.6 Å². The third-order valence-corrected chi connectivity index (χ3v) is 3.66. The van der Waals surface area contributed by atoms with E-state index >= 15 is 0 Å². The van der Waals surface area contributed by atoms with E-state index in [2.05, 4.69) is 5.32 Å². The molecule has 18 heavy (non-hydrogen) atoms. The highest BCUT2D eigenvalue weighted by atomic mass is 16.5. The summed E-state index contributed by atoms with van der Waals surface area (Å²) < 4.78 is 5.52. The molecule has 2 rings (SSSR count). The Morgan fingerprint density at radius 3 is 2.94 bits per heavy atom. The number of hydrogen-bond donors (Lipinski definition) is 1. The normalized spacial score (nSPS) is 35.7. The zero-order valence-corrected chi connectivity index (χ0v) is 10.9. The monoisotopic (exact) mass is 251 g/mol. The average molecular weight is 251 g/mol. The summed E-state index contributed by atoms with van der Waals surface area (Å²) in [4.78, 5) is 23.6. The average Bonchev–Trinajstić information content (AvgIpc) is 2.74. The maximum absolute atomic E-state index is 11.9. The Morgan fingerprint density at radius 1 is 1.28 bits per heavy atom. The number of rotatable bonds is 0. The molecule has 1 N–H and O–H groups in total. The first-order chi connectivity index (χ1) is 8.66. The molecule has 1 fully saturated rings. The molecular weight excluding hydrogens is 230 g/mol. The van der Waals surface area contributed by atoms with E-state index in [9.17, 15) is 9.59 Å². The number of esters is 1. The molecule has 4 heteroatoms. The van der Waals surface area contributed by atoms with Crippen molar-refractivity contribution in [3.8, 4) is 0 Å². The molecule has 0 saturated heterocycles. The van der Waals surface area contributed by atoms with Crippen LogP contribution in [0.5, 0.6) is 0 Å². The maximum Gasteiger partial charge on any atom is 0.309 e. The molecule has 4 nitrogen and oxygen atoms in total. The molecule has 0 aromatic rings. The Hall–Kier alpha value is -1.32. The standard InChI is InChI=1S/C14H21NO3/c1-10-6-3-2-4-9-13(16)15-11-7-5-8-12(11)18-14(10)17/h2-3,10-12H,4-9H2,1H3,(H,15,16)/b3-2+/t10-,11?,12+/m1/s1. The van der Waals surface area contributed by atoms with E-state index in [-0.39, 0.29) is 29.9 Å². The predicted octanol–water partition coefficient (Wildman–Crippen LogP) is 1.94. The Labute approximate surface area is 108 Å². The van der Waals surface area contributed by atoms with Gasteiger partial charge in [0.2, 0.25) is 5.91 Å². The van der Waals surface area contributed by atoms with Gasteiger partial charge in [-0.2, -0.15) is 0 Å². The molecule has 100 valence electrons. The second-order valence-corrected chi connectivity index (χ2v) is 5.23. The summed E-state index contributed by atoms with van der Waals surface area (Å²) in [6, 6.07) is 0.0112. The second kappa shape index (κ2) is 6.03. The largest absolute Gasteiger partial charge is 0.460 e. The van der Waals surface area contributed by atoms with E-state index < -0.39 is 0 Å². The fourth-order valence-corrected chi connectivity index (χ4v) is 2.51. The Kier molecular flexibility index (Phi) is 4.39. The van der Waals surface area contributed by atoms with Crippen LogP contribution in [0.4, 0.5) is 0 Å². The lowest BCUT2D eigenvalue weighted by molar-refractivity contribution is -0.154. The van der Waals surface area contributed by atoms with Gasteiger partial charge in [-0.3, -0.25) is 9.59 Å². The first kappa shape index (κ1) is 13.1. The molecule has 0 bridgehead atoms. The predicted molar refractivity (Wildman–Crippen MR) is 67.8 cm³/mol. The molecule has 3 atom stereocenters. The Morgan fingerprint density at radius 2 is 2.11 bits per heavy atom. The van der Waals surface area contributed by atoms with Crippen molar-refractivity contribution < 1.29 is 14.3 Å². The summed E-state index contributed by atoms with van der Waals surface area (Å²) >= 11 is 0. The fraction of sp³-hybridized carbons (Fsp3) is 0.714. The third-order valence-electron chi connectivity index (χ3n) is 3.66. The lowest BCUT2D eigenvalue weighted by atomic mass is 10.1. The summed E-state index contributed by atoms with van der Waals surface area (Å²) in [5.74, 6) is -0.190. The van der Waals surface area contributed by atoms with Crippen molar-refractivity contribution in [2.24, 2.45) is 5.92 Å². The van der Waals surface area contributed by atoms with Crippen LogP contribution < -0.4 is 5.32 Å². The molecule has 1 saturated carbocycles. The lowest BCUT2D eigenvalue weighted by Gasteiger charge is -2.23. The molecule has 1 aliphatic heterocycles. The van der Waals surface area contributed by atoms with Crippen LogP contribution in [-0.2, 0) is 14.3 Å². The molecular formula is C14H21NO3. The maximum atomic E-state index is 11.9. The molecule has 1 amide bonds. The van der Waals surface area contributed by atoms with Gasteiger partial charge in [-0.05, 0) is 32.1 Å². The van der Waals surface area contributed by atoms with E-state index in [1.165, 1.54) is 0 Å². The van der Waals surface area contributed by atoms with Crippen LogP contribution in [-0.4, -0.2) is 24.0 Å². The van der Waals surface area contributed by atoms with Crippen LogP contribution in [0.1, 0.15) is 45.4 Å². The summed E-state index contributed by atoms with van der Waals surface area (Å²) in [6.07, 6.45) is 8.53. The molecule has 1 heterocycles. The molecule has 2 aliphatic rings. The van der Waals surface area contributed by atoms with Gasteiger partial charge < -0.3 is 10.1 Å². The SMILES string of the molecule is C[C@@H]1C/C=C/CCC(=O)NC2CCC[C@@H]2OC1=O. The number of nitrogens with one attached hydrogen (secondary N) is 1. The molecule has 0 aromatic carbocycles. The number of ether oxygens (including phenoxy) is 1. The van der Waals surface area contributed by atoms with Crippen LogP contribution in [0, 0.1) is 5.92 Å². The van der Waals surface area contributed by atoms with Gasteiger partial charge in [0.05, 0.1) is 12.0 Å². The number of hydrogen-bond acceptors (Lipinski definition) is 3. The van der Waals surface area contributed by atoms with Crippen molar-refractivity contribution in [2.75, 3.05) is 0 Å². The van der Waals surface area contributed by atoms with Crippen LogP contribution in [0.15, 0.2) is 12.2 Å². The third kappa shape index (κ3) is 3.34. The van der Waals surface area contributed by atoms with Crippen molar-refractivity contribution >= 4 is 11.9 Å². The minimum Gasteiger partial charge on any atom is -0.460 e. The van der Waals surface area contributed by atoms with Gasteiger partial charge in [0.25, 0.3) is 0 Å². The zero-order valence-electron chi connectivity index (χ0n) is 10.9. The van der Waals surface area contributed by atoms with Gasteiger partial charge in [-0.15, -0.1) is 0 Å². The van der Waals surface area contributed by atoms with Crippen molar-refractivity contribution in [1.82, 2.24) is 5.32 Å². The number of carbonyl (C=O) groups excluding carboxylic acids is 2. The molecule has 0 spiro atoms. The van der Waals surface area contributed by atoms with E-state index in [0.29, 0.717) is 12.8 Å². The van der Waals surface area contributed by atoms with Gasteiger partial charge in [-0.1, -0.05) is 19.1 Å². The molecule has 0 aromatic heterocycles. The topological polar surface area (TPSA) is 55.4 Å². The number of carbonyl (C=O) groups is 2. The highest BCUT2D eigenvalue weighted by molar-refractivity contribution is 5.77. The fourth-order valence-electron chi connectivity index (χ4n) is 2.51. The molecule has 1 aliphatic carbocycles. The summed E-state index contributed by atoms with van der Waals surface area (Å²) in [5.41, 5.74) is 0. The van der Waals surface area contributed by atoms with Crippen LogP contribution in [0.2, 0.25) is 0 Å². The van der Waals surface area contributed by atoms with Gasteiger partial charge in [0.15, 0.2) is 0 Å². The highest BCUT2D eigenvalue weighted by Gasteiger charge is 2.32. The minimum atomic E-state index is -0.147. The Balaban J connectivity index is 2.06. The summed E-state index contributed by atoms with van der Waals surface area (Å²) in [6.45, 7) is 1.89. The van der Waals surface area contributed by atoms with E-state index in [4.69, 9.17) is 4.74 Å².